The van der Waals surface area contributed by atoms with Gasteiger partial charge in [-0.15, -0.1) is 0 Å². The molecular weight excluding hydrogens is 984 g/mol. The van der Waals surface area contributed by atoms with Crippen LogP contribution in [-0.2, 0) is 18.4 Å². The molecule has 0 aromatic rings. The number of nitrogens with zero attached hydrogens (tertiary/aromatic N) is 1. The molecule has 454 valence electrons. The first kappa shape index (κ1) is 75.7. The summed E-state index contributed by atoms with van der Waals surface area (Å²) in [7, 11) is 1.55. The first-order chi connectivity index (χ1) is 38.0. The number of quaternary nitrogens is 1. The molecule has 3 N–H and O–H groups in total. The Hall–Kier alpha value is -2.32. The number of nitrogens with one attached hydrogen (secondary N) is 1. The van der Waals surface area contributed by atoms with Crippen LogP contribution in [0.5, 0.6) is 0 Å². The molecule has 0 aliphatic heterocycles. The largest absolute Gasteiger partial charge is 0.472 e. The second kappa shape index (κ2) is 59.3. The van der Waals surface area contributed by atoms with Crippen LogP contribution in [0.2, 0.25) is 0 Å². The minimum absolute atomic E-state index is 0.0525. The monoisotopic (exact) mass is 1110 g/mol. The van der Waals surface area contributed by atoms with Gasteiger partial charge in [0.2, 0.25) is 5.91 Å². The van der Waals surface area contributed by atoms with Gasteiger partial charge in [-0.25, -0.2) is 4.57 Å². The second-order valence-electron chi connectivity index (χ2n) is 23.4. The average Bonchev–Trinajstić information content (AvgIpc) is 3.41. The summed E-state index contributed by atoms with van der Waals surface area (Å²) in [6.07, 6.45) is 84.4. The molecule has 0 radical (unpaired) electrons. The van der Waals surface area contributed by atoms with Crippen LogP contribution in [0, 0.1) is 0 Å². The Morgan fingerprint density at radius 2 is 0.782 bits per heavy atom. The highest BCUT2D eigenvalue weighted by Crippen LogP contribution is 2.43. The van der Waals surface area contributed by atoms with E-state index in [0.717, 1.165) is 70.6 Å². The standard InChI is InChI=1S/C69H127N2O6P/c1-6-8-10-12-14-16-18-20-22-24-26-28-29-30-31-32-33-34-35-36-37-38-39-40-41-43-45-47-49-51-53-55-57-59-61-63-69(73)70-67(66-77-78(74,75)76-65-64-71(3,4)5)68(72)62-60-58-56-54-52-50-48-46-44-42-27-25-23-21-19-17-15-13-11-9-7-2/h8,10,14,16,20,22,26,28,44,46,52,54,60,62,67-68,72H,6-7,9,11-13,15,17-19,21,23-25,27,29-43,45,47-51,53,55-59,61,63-66H2,1-5H3,(H-,70,73,74,75)/p+1/b10-8-,16-14-,22-20-,28-26-,46-44+,54-52+,62-60+. The molecule has 0 saturated carbocycles. The number of carbonyl (C=O) groups excluding carboxylic acids is 1. The van der Waals surface area contributed by atoms with Crippen molar-refractivity contribution in [2.24, 2.45) is 0 Å². The van der Waals surface area contributed by atoms with Crippen molar-refractivity contribution in [3.63, 3.8) is 0 Å². The van der Waals surface area contributed by atoms with Gasteiger partial charge >= 0.3 is 7.82 Å². The Kier molecular flexibility index (Phi) is 57.5. The third kappa shape index (κ3) is 61.3. The number of allylic oxidation sites excluding steroid dienone is 13. The predicted molar refractivity (Wildman–Crippen MR) is 341 cm³/mol. The van der Waals surface area contributed by atoms with Gasteiger partial charge in [0.25, 0.3) is 0 Å². The minimum Gasteiger partial charge on any atom is -0.387 e. The van der Waals surface area contributed by atoms with Crippen molar-refractivity contribution in [1.29, 1.82) is 0 Å². The molecule has 0 heterocycles. The smallest absolute Gasteiger partial charge is 0.387 e. The third-order valence-electron chi connectivity index (χ3n) is 14.6. The molecule has 3 atom stereocenters. The number of likely N-dealkylation sites (N-methyl/N-ethyl adjacent to an activating group) is 1. The zero-order valence-corrected chi connectivity index (χ0v) is 52.8. The topological polar surface area (TPSA) is 105 Å². The number of phosphoric ester groups is 1. The molecule has 0 rings (SSSR count). The van der Waals surface area contributed by atoms with Gasteiger partial charge in [-0.2, -0.15) is 0 Å². The molecule has 0 spiro atoms. The molecule has 0 aromatic heterocycles. The second-order valence-corrected chi connectivity index (χ2v) is 24.9. The molecule has 0 aliphatic rings. The van der Waals surface area contributed by atoms with Crippen LogP contribution in [0.4, 0.5) is 0 Å². The molecule has 0 aliphatic carbocycles. The van der Waals surface area contributed by atoms with Crippen LogP contribution in [0.1, 0.15) is 296 Å². The van der Waals surface area contributed by atoms with Gasteiger partial charge in [0.15, 0.2) is 0 Å². The van der Waals surface area contributed by atoms with Crippen molar-refractivity contribution >= 4 is 13.7 Å². The van der Waals surface area contributed by atoms with Gasteiger partial charge in [0, 0.05) is 6.42 Å². The number of unbranched alkanes of at least 4 members (excludes halogenated alkanes) is 35. The molecule has 0 aromatic carbocycles. The van der Waals surface area contributed by atoms with Crippen LogP contribution in [0.3, 0.4) is 0 Å². The maximum atomic E-state index is 13.0. The van der Waals surface area contributed by atoms with E-state index in [2.05, 4.69) is 92.1 Å². The van der Waals surface area contributed by atoms with Crippen LogP contribution in [-0.4, -0.2) is 73.4 Å². The fourth-order valence-electron chi connectivity index (χ4n) is 9.48. The fourth-order valence-corrected chi connectivity index (χ4v) is 10.2. The summed E-state index contributed by atoms with van der Waals surface area (Å²) in [4.78, 5) is 23.4. The SMILES string of the molecule is CC/C=C\C/C=C\C/C=C\C/C=C\CCCCCCCCCCCCCCCCCCCCCCCCC(=O)NC(COP(=O)(O)OCC[N+](C)(C)C)C(O)/C=C/CC/C=C/CC/C=C/CCCCCCCCCCCCC. The van der Waals surface area contributed by atoms with E-state index in [0.29, 0.717) is 17.4 Å². The minimum atomic E-state index is -4.36. The van der Waals surface area contributed by atoms with Crippen LogP contribution >= 0.6 is 7.82 Å². The van der Waals surface area contributed by atoms with E-state index in [4.69, 9.17) is 9.05 Å². The quantitative estimate of drug-likeness (QED) is 0.0243. The number of rotatable bonds is 60. The highest BCUT2D eigenvalue weighted by atomic mass is 31.2. The summed E-state index contributed by atoms with van der Waals surface area (Å²) in [5.41, 5.74) is 0. The first-order valence-corrected chi connectivity index (χ1v) is 34.5. The van der Waals surface area contributed by atoms with Gasteiger partial charge in [0.05, 0.1) is 39.9 Å². The summed E-state index contributed by atoms with van der Waals surface area (Å²) in [5, 5.41) is 13.9. The van der Waals surface area contributed by atoms with Gasteiger partial charge in [-0.1, -0.05) is 292 Å². The molecule has 3 unspecified atom stereocenters. The average molecular weight is 1110 g/mol. The Balaban J connectivity index is 4.08. The van der Waals surface area contributed by atoms with Gasteiger partial charge in [0.1, 0.15) is 13.2 Å². The van der Waals surface area contributed by atoms with Crippen LogP contribution in [0.25, 0.3) is 0 Å². The number of carbonyl (C=O) groups is 1. The lowest BCUT2D eigenvalue weighted by Crippen LogP contribution is -2.45. The Morgan fingerprint density at radius 1 is 0.449 bits per heavy atom. The zero-order chi connectivity index (χ0) is 57.0. The summed E-state index contributed by atoms with van der Waals surface area (Å²) >= 11 is 0. The maximum Gasteiger partial charge on any atom is 0.472 e. The number of hydrogen-bond donors (Lipinski definition) is 3. The third-order valence-corrected chi connectivity index (χ3v) is 15.6. The molecule has 0 fully saturated rings. The highest BCUT2D eigenvalue weighted by Gasteiger charge is 2.27. The van der Waals surface area contributed by atoms with E-state index in [1.807, 2.05) is 27.2 Å². The van der Waals surface area contributed by atoms with Crippen molar-refractivity contribution in [2.45, 2.75) is 309 Å². The summed E-state index contributed by atoms with van der Waals surface area (Å²) in [6.45, 7) is 4.70. The van der Waals surface area contributed by atoms with Gasteiger partial charge < -0.3 is 19.8 Å². The maximum absolute atomic E-state index is 13.0. The van der Waals surface area contributed by atoms with Crippen LogP contribution < -0.4 is 5.32 Å². The summed E-state index contributed by atoms with van der Waals surface area (Å²) in [5.74, 6) is -0.188. The van der Waals surface area contributed by atoms with E-state index < -0.39 is 20.0 Å². The molecule has 0 saturated heterocycles. The molecule has 9 heteroatoms. The number of amides is 1. The van der Waals surface area contributed by atoms with Crippen LogP contribution in [0.15, 0.2) is 85.1 Å². The Morgan fingerprint density at radius 3 is 1.18 bits per heavy atom. The summed E-state index contributed by atoms with van der Waals surface area (Å²) in [6, 6.07) is -0.873. The molecular formula is C69H128N2O6P+. The Bertz CT molecular complexity index is 1550. The van der Waals surface area contributed by atoms with Crippen molar-refractivity contribution in [3.8, 4) is 0 Å². The fraction of sp³-hybridized carbons (Fsp3) is 0.783. The number of phosphoric acid groups is 1. The van der Waals surface area contributed by atoms with Crippen molar-refractivity contribution < 1.29 is 32.9 Å². The number of aliphatic hydroxyl groups is 1. The van der Waals surface area contributed by atoms with Crippen molar-refractivity contribution in [1.82, 2.24) is 5.32 Å². The normalized spacial score (nSPS) is 14.3. The Labute approximate surface area is 484 Å². The lowest BCUT2D eigenvalue weighted by molar-refractivity contribution is -0.870. The first-order valence-electron chi connectivity index (χ1n) is 33.0. The van der Waals surface area contributed by atoms with Gasteiger partial charge in [-0.3, -0.25) is 13.8 Å². The molecule has 0 bridgehead atoms. The van der Waals surface area contributed by atoms with Gasteiger partial charge in [-0.05, 0) is 83.5 Å². The molecule has 1 amide bonds. The van der Waals surface area contributed by atoms with E-state index in [1.165, 1.54) is 205 Å². The molecule has 78 heavy (non-hydrogen) atoms. The van der Waals surface area contributed by atoms with Crippen molar-refractivity contribution in [3.05, 3.63) is 85.1 Å². The van der Waals surface area contributed by atoms with E-state index in [9.17, 15) is 19.4 Å². The number of hydrogen-bond acceptors (Lipinski definition) is 5. The predicted octanol–water partition coefficient (Wildman–Crippen LogP) is 20.8. The lowest BCUT2D eigenvalue weighted by atomic mass is 10.0. The lowest BCUT2D eigenvalue weighted by Gasteiger charge is -2.25. The highest BCUT2D eigenvalue weighted by molar-refractivity contribution is 7.47. The van der Waals surface area contributed by atoms with Crippen molar-refractivity contribution in [2.75, 3.05) is 40.9 Å². The van der Waals surface area contributed by atoms with E-state index in [-0.39, 0.29) is 19.1 Å². The molecule has 8 nitrogen and oxygen atoms in total. The number of aliphatic hydroxyl groups excluding tert-OH is 1. The van der Waals surface area contributed by atoms with E-state index in [1.54, 1.807) is 6.08 Å². The summed E-state index contributed by atoms with van der Waals surface area (Å²) < 4.78 is 23.7. The zero-order valence-electron chi connectivity index (χ0n) is 51.9. The van der Waals surface area contributed by atoms with E-state index >= 15 is 0 Å².